The van der Waals surface area contributed by atoms with E-state index in [0.717, 1.165) is 34.7 Å². The smallest absolute Gasteiger partial charge is 0.328 e. The van der Waals surface area contributed by atoms with Crippen LogP contribution in [0.3, 0.4) is 0 Å². The lowest BCUT2D eigenvalue weighted by molar-refractivity contribution is -0.131. The number of carboxylic acids is 1. The average molecular weight is 394 g/mol. The van der Waals surface area contributed by atoms with Crippen molar-refractivity contribution in [3.8, 4) is 0 Å². The molecule has 2 aromatic carbocycles. The highest BCUT2D eigenvalue weighted by Gasteiger charge is 2.13. The van der Waals surface area contributed by atoms with Gasteiger partial charge in [-0.3, -0.25) is 0 Å². The maximum atomic E-state index is 10.8. The van der Waals surface area contributed by atoms with Gasteiger partial charge in [0.2, 0.25) is 0 Å². The lowest BCUT2D eigenvalue weighted by Gasteiger charge is -2.17. The van der Waals surface area contributed by atoms with Gasteiger partial charge < -0.3 is 5.11 Å². The van der Waals surface area contributed by atoms with Crippen molar-refractivity contribution in [2.45, 2.75) is 13.3 Å². The van der Waals surface area contributed by atoms with Crippen molar-refractivity contribution in [1.82, 2.24) is 9.61 Å². The standard InChI is InChI=1S/C26H22N2O2/c1-2-24(20-6-4-3-5-7-20)26(22-15-17-28-23(18-22)14-16-27-28)21-11-8-19(9-12-21)10-13-25(29)30/h3-18H,2H2,1H3,(H,29,30). The molecule has 0 amide bonds. The summed E-state index contributed by atoms with van der Waals surface area (Å²) in [5.41, 5.74) is 7.72. The highest BCUT2D eigenvalue weighted by atomic mass is 16.4. The molecule has 148 valence electrons. The van der Waals surface area contributed by atoms with Crippen molar-refractivity contribution in [2.24, 2.45) is 0 Å². The summed E-state index contributed by atoms with van der Waals surface area (Å²) in [7, 11) is 0. The molecule has 0 atom stereocenters. The number of carboxylic acid groups (broad SMARTS) is 1. The molecule has 2 heterocycles. The topological polar surface area (TPSA) is 54.6 Å². The molecular formula is C26H22N2O2. The highest BCUT2D eigenvalue weighted by molar-refractivity contribution is 5.99. The van der Waals surface area contributed by atoms with Crippen LogP contribution in [0.4, 0.5) is 0 Å². The first kappa shape index (κ1) is 19.4. The zero-order valence-corrected chi connectivity index (χ0v) is 16.7. The molecule has 1 N–H and O–H groups in total. The monoisotopic (exact) mass is 394 g/mol. The van der Waals surface area contributed by atoms with Crippen LogP contribution in [0.2, 0.25) is 0 Å². The quantitative estimate of drug-likeness (QED) is 0.332. The second-order valence-corrected chi connectivity index (χ2v) is 6.98. The van der Waals surface area contributed by atoms with Gasteiger partial charge in [0.05, 0.1) is 5.52 Å². The van der Waals surface area contributed by atoms with E-state index in [9.17, 15) is 4.79 Å². The van der Waals surface area contributed by atoms with E-state index in [0.29, 0.717) is 0 Å². The molecule has 30 heavy (non-hydrogen) atoms. The molecule has 4 heteroatoms. The van der Waals surface area contributed by atoms with Gasteiger partial charge in [-0.1, -0.05) is 61.5 Å². The van der Waals surface area contributed by atoms with Crippen LogP contribution < -0.4 is 0 Å². The first-order valence-electron chi connectivity index (χ1n) is 9.89. The molecule has 0 aliphatic carbocycles. The third-order valence-electron chi connectivity index (χ3n) is 5.08. The average Bonchev–Trinajstić information content (AvgIpc) is 3.25. The number of aromatic nitrogens is 2. The molecule has 0 radical (unpaired) electrons. The number of allylic oxidation sites excluding steroid dienone is 1. The third-order valence-corrected chi connectivity index (χ3v) is 5.08. The van der Waals surface area contributed by atoms with E-state index in [1.165, 1.54) is 16.7 Å². The number of pyridine rings is 1. The molecule has 4 rings (SSSR count). The molecule has 0 aliphatic rings. The largest absolute Gasteiger partial charge is 0.478 e. The van der Waals surface area contributed by atoms with Crippen LogP contribution in [0.5, 0.6) is 0 Å². The van der Waals surface area contributed by atoms with Gasteiger partial charge in [-0.15, -0.1) is 0 Å². The summed E-state index contributed by atoms with van der Waals surface area (Å²) in [6.07, 6.45) is 7.41. The lowest BCUT2D eigenvalue weighted by Crippen LogP contribution is -1.97. The molecule has 0 unspecified atom stereocenters. The van der Waals surface area contributed by atoms with Crippen molar-refractivity contribution in [3.05, 3.63) is 114 Å². The number of benzene rings is 2. The molecule has 0 aliphatic heterocycles. The van der Waals surface area contributed by atoms with Crippen molar-refractivity contribution in [3.63, 3.8) is 0 Å². The Hall–Kier alpha value is -3.92. The van der Waals surface area contributed by atoms with E-state index in [2.05, 4.69) is 60.6 Å². The Labute approximate surface area is 175 Å². The van der Waals surface area contributed by atoms with Crippen LogP contribution in [0.1, 0.15) is 35.6 Å². The van der Waals surface area contributed by atoms with Gasteiger partial charge in [-0.05, 0) is 64.1 Å². The van der Waals surface area contributed by atoms with Crippen LogP contribution in [-0.2, 0) is 4.79 Å². The predicted octanol–water partition coefficient (Wildman–Crippen LogP) is 5.80. The zero-order chi connectivity index (χ0) is 20.9. The van der Waals surface area contributed by atoms with Crippen LogP contribution in [0, 0.1) is 0 Å². The van der Waals surface area contributed by atoms with Gasteiger partial charge in [0.15, 0.2) is 0 Å². The Balaban J connectivity index is 1.89. The maximum Gasteiger partial charge on any atom is 0.328 e. The molecule has 2 aromatic heterocycles. The number of hydrogen-bond acceptors (Lipinski definition) is 2. The van der Waals surface area contributed by atoms with Crippen molar-refractivity contribution in [2.75, 3.05) is 0 Å². The molecule has 0 saturated heterocycles. The fraction of sp³-hybridized carbons (Fsp3) is 0.0769. The normalized spacial score (nSPS) is 12.3. The SMILES string of the molecule is CCC(=C(c1ccc(C=CC(=O)O)cc1)c1ccn2nccc2c1)c1ccccc1. The fourth-order valence-electron chi connectivity index (χ4n) is 3.69. The predicted molar refractivity (Wildman–Crippen MR) is 121 cm³/mol. The number of rotatable bonds is 6. The van der Waals surface area contributed by atoms with E-state index >= 15 is 0 Å². The van der Waals surface area contributed by atoms with Gasteiger partial charge in [0.25, 0.3) is 0 Å². The van der Waals surface area contributed by atoms with Gasteiger partial charge in [-0.2, -0.15) is 5.10 Å². The third kappa shape index (κ3) is 4.08. The molecule has 0 fully saturated rings. The Morgan fingerprint density at radius 2 is 1.73 bits per heavy atom. The number of aliphatic carboxylic acids is 1. The Morgan fingerprint density at radius 3 is 2.43 bits per heavy atom. The number of fused-ring (bicyclic) bond motifs is 1. The van der Waals surface area contributed by atoms with E-state index in [1.807, 2.05) is 35.0 Å². The van der Waals surface area contributed by atoms with Crippen LogP contribution in [0.25, 0.3) is 22.7 Å². The van der Waals surface area contributed by atoms with Crippen molar-refractivity contribution < 1.29 is 9.90 Å². The second-order valence-electron chi connectivity index (χ2n) is 6.98. The number of nitrogens with zero attached hydrogens (tertiary/aromatic N) is 2. The summed E-state index contributed by atoms with van der Waals surface area (Å²) < 4.78 is 1.86. The van der Waals surface area contributed by atoms with E-state index in [-0.39, 0.29) is 0 Å². The zero-order valence-electron chi connectivity index (χ0n) is 16.7. The minimum Gasteiger partial charge on any atom is -0.478 e. The van der Waals surface area contributed by atoms with E-state index < -0.39 is 5.97 Å². The minimum atomic E-state index is -0.953. The Bertz CT molecular complexity index is 1230. The van der Waals surface area contributed by atoms with Crippen LogP contribution in [0.15, 0.2) is 91.3 Å². The summed E-state index contributed by atoms with van der Waals surface area (Å²) in [6.45, 7) is 2.17. The van der Waals surface area contributed by atoms with E-state index in [1.54, 1.807) is 12.3 Å². The molecule has 0 bridgehead atoms. The number of hydrogen-bond donors (Lipinski definition) is 1. The van der Waals surface area contributed by atoms with Gasteiger partial charge >= 0.3 is 5.97 Å². The molecule has 4 nitrogen and oxygen atoms in total. The first-order valence-corrected chi connectivity index (χ1v) is 9.89. The first-order chi connectivity index (χ1) is 14.7. The summed E-state index contributed by atoms with van der Waals surface area (Å²) >= 11 is 0. The minimum absolute atomic E-state index is 0.851. The molecule has 0 spiro atoms. The van der Waals surface area contributed by atoms with Gasteiger partial charge in [0, 0.05) is 18.5 Å². The molecule has 0 saturated carbocycles. The lowest BCUT2D eigenvalue weighted by atomic mass is 9.88. The van der Waals surface area contributed by atoms with Crippen molar-refractivity contribution in [1.29, 1.82) is 0 Å². The second kappa shape index (κ2) is 8.62. The summed E-state index contributed by atoms with van der Waals surface area (Å²) in [6, 6.07) is 24.7. The van der Waals surface area contributed by atoms with Crippen LogP contribution in [-0.4, -0.2) is 20.7 Å². The summed E-state index contributed by atoms with van der Waals surface area (Å²) in [4.78, 5) is 10.8. The summed E-state index contributed by atoms with van der Waals surface area (Å²) in [5.74, 6) is -0.953. The maximum absolute atomic E-state index is 10.8. The van der Waals surface area contributed by atoms with Gasteiger partial charge in [-0.25, -0.2) is 9.31 Å². The Kier molecular flexibility index (Phi) is 5.57. The summed E-state index contributed by atoms with van der Waals surface area (Å²) in [5, 5.41) is 13.2. The van der Waals surface area contributed by atoms with Gasteiger partial charge in [0.1, 0.15) is 0 Å². The van der Waals surface area contributed by atoms with Crippen LogP contribution >= 0.6 is 0 Å². The van der Waals surface area contributed by atoms with E-state index in [4.69, 9.17) is 5.11 Å². The highest BCUT2D eigenvalue weighted by Crippen LogP contribution is 2.34. The van der Waals surface area contributed by atoms with Crippen molar-refractivity contribution >= 4 is 28.7 Å². The molecular weight excluding hydrogens is 372 g/mol. The molecule has 4 aromatic rings. The Morgan fingerprint density at radius 1 is 0.967 bits per heavy atom. The number of carbonyl (C=O) groups is 1. The fourth-order valence-corrected chi connectivity index (χ4v) is 3.69.